The molecule has 2 aromatic heterocycles. The monoisotopic (exact) mass is 896 g/mol. The van der Waals surface area contributed by atoms with Crippen LogP contribution < -0.4 is 20.1 Å². The summed E-state index contributed by atoms with van der Waals surface area (Å²) < 4.78 is 15.3. The van der Waals surface area contributed by atoms with Crippen molar-refractivity contribution in [2.75, 3.05) is 38.8 Å². The smallest absolute Gasteiger partial charge is 0.222 e. The third kappa shape index (κ3) is 9.48. The second-order valence-corrected chi connectivity index (χ2v) is 17.7. The summed E-state index contributed by atoms with van der Waals surface area (Å²) in [6.45, 7) is 8.72. The number of nitrogens with one attached hydrogen (secondary N) is 2. The van der Waals surface area contributed by atoms with E-state index < -0.39 is 12.1 Å². The molecular weight excluding hydrogens is 845 g/mol. The number of aromatic nitrogens is 6. The minimum atomic E-state index is -0.517. The average molecular weight is 897 g/mol. The number of carbonyl (C=O) groups is 2. The van der Waals surface area contributed by atoms with Crippen LogP contribution in [0.4, 0.5) is 0 Å². The number of aliphatic imine (C=N–C) groups is 2. The number of fused-ring (bicyclic) bond motifs is 6. The predicted molar refractivity (Wildman–Crippen MR) is 252 cm³/mol. The Kier molecular flexibility index (Phi) is 13.9. The summed E-state index contributed by atoms with van der Waals surface area (Å²) in [6, 6.07) is 27.8. The second-order valence-electron chi connectivity index (χ2n) is 15.4. The Morgan fingerprint density at radius 3 is 1.38 bits per heavy atom. The maximum Gasteiger partial charge on any atom is 0.222 e. The highest BCUT2D eigenvalue weighted by Gasteiger charge is 2.32. The minimum absolute atomic E-state index is 0.0870. The fraction of sp³-hybridized carbons (Fsp3) is 0.333. The van der Waals surface area contributed by atoms with Crippen molar-refractivity contribution in [3.05, 3.63) is 130 Å². The SMILES string of the molecule is CCNC(=O)C[C@@H]1N=C(c2ccc(SCCCCSc3ccc(C4=N[C@@H](CC(=O)NCC)c5nnc(C)n5-c5ccc(OC)cc54)cc3)cc2)c2cc(OC)ccc2-n2c(C)nnc21. The Morgan fingerprint density at radius 2 is 1.00 bits per heavy atom. The number of hydrogen-bond donors (Lipinski definition) is 2. The largest absolute Gasteiger partial charge is 0.497 e. The molecule has 4 heterocycles. The van der Waals surface area contributed by atoms with Crippen LogP contribution in [-0.4, -0.2) is 91.6 Å². The van der Waals surface area contributed by atoms with Crippen molar-refractivity contribution in [3.8, 4) is 22.9 Å². The van der Waals surface area contributed by atoms with Crippen LogP contribution >= 0.6 is 23.5 Å². The molecule has 64 heavy (non-hydrogen) atoms. The number of thioether (sulfide) groups is 2. The highest BCUT2D eigenvalue weighted by Crippen LogP contribution is 2.37. The molecular formula is C48H52N10O4S2. The first-order valence-corrected chi connectivity index (χ1v) is 23.5. The van der Waals surface area contributed by atoms with Crippen molar-refractivity contribution < 1.29 is 19.1 Å². The molecule has 0 radical (unpaired) electrons. The third-order valence-corrected chi connectivity index (χ3v) is 13.3. The van der Waals surface area contributed by atoms with E-state index >= 15 is 0 Å². The molecule has 2 atom stereocenters. The van der Waals surface area contributed by atoms with Gasteiger partial charge >= 0.3 is 0 Å². The zero-order chi connectivity index (χ0) is 44.7. The lowest BCUT2D eigenvalue weighted by molar-refractivity contribution is -0.122. The highest BCUT2D eigenvalue weighted by atomic mass is 32.2. The number of methoxy groups -OCH3 is 2. The van der Waals surface area contributed by atoms with Gasteiger partial charge in [-0.2, -0.15) is 0 Å². The van der Waals surface area contributed by atoms with Gasteiger partial charge in [0.25, 0.3) is 0 Å². The van der Waals surface area contributed by atoms with E-state index in [1.54, 1.807) is 14.2 Å². The molecule has 14 nitrogen and oxygen atoms in total. The van der Waals surface area contributed by atoms with Gasteiger partial charge in [-0.05, 0) is 113 Å². The molecule has 0 bridgehead atoms. The van der Waals surface area contributed by atoms with Crippen LogP contribution in [0.2, 0.25) is 0 Å². The highest BCUT2D eigenvalue weighted by molar-refractivity contribution is 7.99. The van der Waals surface area contributed by atoms with E-state index in [0.717, 1.165) is 81.0 Å². The number of benzene rings is 4. The number of ether oxygens (including phenoxy) is 2. The van der Waals surface area contributed by atoms with Gasteiger partial charge in [-0.3, -0.25) is 28.7 Å². The van der Waals surface area contributed by atoms with Crippen LogP contribution in [0.3, 0.4) is 0 Å². The molecule has 0 saturated carbocycles. The van der Waals surface area contributed by atoms with Crippen molar-refractivity contribution in [3.63, 3.8) is 0 Å². The molecule has 0 spiro atoms. The molecule has 8 rings (SSSR count). The van der Waals surface area contributed by atoms with Gasteiger partial charge in [0.1, 0.15) is 35.2 Å². The standard InChI is InChI=1S/C48H52N10O4S2/c1-7-49-43(59)27-39-47-55-53-29(3)57(47)41-21-15-33(61-5)25-37(41)45(51-39)31-11-17-35(18-12-31)63-23-9-10-24-64-36-19-13-32(14-20-36)46-38-26-34(62-6)16-22-42(38)58-30(4)54-56-48(58)40(52-46)28-44(60)50-8-2/h11-22,25-26,39-40H,7-10,23-24,27-28H2,1-6H3,(H,49,59)(H,50,60)/t39-,40-/m0/s1. The Hall–Kier alpha value is -6.26. The van der Waals surface area contributed by atoms with E-state index in [-0.39, 0.29) is 24.7 Å². The molecule has 4 aromatic carbocycles. The molecule has 0 aliphatic carbocycles. The van der Waals surface area contributed by atoms with E-state index in [1.165, 1.54) is 9.79 Å². The molecule has 0 unspecified atom stereocenters. The summed E-state index contributed by atoms with van der Waals surface area (Å²) in [7, 11) is 3.31. The van der Waals surface area contributed by atoms with Crippen molar-refractivity contribution in [1.82, 2.24) is 40.2 Å². The lowest BCUT2D eigenvalue weighted by Crippen LogP contribution is -2.25. The first-order chi connectivity index (χ1) is 31.2. The van der Waals surface area contributed by atoms with E-state index in [0.29, 0.717) is 36.2 Å². The second kappa shape index (κ2) is 20.1. The first-order valence-electron chi connectivity index (χ1n) is 21.6. The van der Waals surface area contributed by atoms with Gasteiger partial charge in [-0.15, -0.1) is 43.9 Å². The molecule has 2 aliphatic rings. The number of carbonyl (C=O) groups excluding carboxylic acids is 2. The van der Waals surface area contributed by atoms with Gasteiger partial charge in [-0.1, -0.05) is 24.3 Å². The molecule has 2 N–H and O–H groups in total. The predicted octanol–water partition coefficient (Wildman–Crippen LogP) is 7.98. The fourth-order valence-corrected chi connectivity index (χ4v) is 9.86. The van der Waals surface area contributed by atoms with Crippen molar-refractivity contribution in [2.24, 2.45) is 9.98 Å². The number of rotatable bonds is 17. The molecule has 6 aromatic rings. The van der Waals surface area contributed by atoms with E-state index in [9.17, 15) is 9.59 Å². The lowest BCUT2D eigenvalue weighted by atomic mass is 10.00. The van der Waals surface area contributed by atoms with E-state index in [4.69, 9.17) is 19.5 Å². The van der Waals surface area contributed by atoms with Gasteiger partial charge in [0.15, 0.2) is 11.6 Å². The van der Waals surface area contributed by atoms with Gasteiger partial charge in [0.05, 0.1) is 49.9 Å². The van der Waals surface area contributed by atoms with Crippen LogP contribution in [0.15, 0.2) is 105 Å². The normalized spacial score (nSPS) is 15.0. The van der Waals surface area contributed by atoms with Crippen molar-refractivity contribution in [1.29, 1.82) is 0 Å². The molecule has 2 aliphatic heterocycles. The van der Waals surface area contributed by atoms with Crippen molar-refractivity contribution >= 4 is 46.8 Å². The summed E-state index contributed by atoms with van der Waals surface area (Å²) >= 11 is 3.69. The topological polar surface area (TPSA) is 163 Å². The first kappa shape index (κ1) is 44.4. The van der Waals surface area contributed by atoms with Crippen LogP contribution in [0.5, 0.6) is 11.5 Å². The van der Waals surface area contributed by atoms with Gasteiger partial charge in [0, 0.05) is 45.1 Å². The Bertz CT molecular complexity index is 2520. The van der Waals surface area contributed by atoms with E-state index in [2.05, 4.69) is 79.6 Å². The third-order valence-electron chi connectivity index (χ3n) is 11.1. The molecule has 16 heteroatoms. The lowest BCUT2D eigenvalue weighted by Gasteiger charge is -2.14. The average Bonchev–Trinajstić information content (AvgIpc) is 3.81. The molecule has 330 valence electrons. The zero-order valence-electron chi connectivity index (χ0n) is 36.9. The minimum Gasteiger partial charge on any atom is -0.497 e. The van der Waals surface area contributed by atoms with Crippen molar-refractivity contribution in [2.45, 2.75) is 75.3 Å². The van der Waals surface area contributed by atoms with Crippen LogP contribution in [0, 0.1) is 13.8 Å². The number of aryl methyl sites for hydroxylation is 2. The van der Waals surface area contributed by atoms with Crippen LogP contribution in [0.1, 0.15) is 97.2 Å². The summed E-state index contributed by atoms with van der Waals surface area (Å²) in [5.74, 6) is 5.97. The number of unbranched alkanes of at least 4 members (excludes halogenated alkanes) is 1. The maximum atomic E-state index is 12.9. The Morgan fingerprint density at radius 1 is 0.594 bits per heavy atom. The van der Waals surface area contributed by atoms with Crippen LogP contribution in [0.25, 0.3) is 11.4 Å². The maximum absolute atomic E-state index is 12.9. The van der Waals surface area contributed by atoms with Gasteiger partial charge in [-0.25, -0.2) is 0 Å². The summed E-state index contributed by atoms with van der Waals surface area (Å²) in [5, 5.41) is 23.5. The number of hydrogen-bond acceptors (Lipinski definition) is 12. The Labute approximate surface area is 381 Å². The number of nitrogens with zero attached hydrogens (tertiary/aromatic N) is 8. The van der Waals surface area contributed by atoms with Crippen LogP contribution in [-0.2, 0) is 9.59 Å². The number of amides is 2. The summed E-state index contributed by atoms with van der Waals surface area (Å²) in [6.07, 6.45) is 2.46. The van der Waals surface area contributed by atoms with Gasteiger partial charge in [0.2, 0.25) is 11.8 Å². The Balaban J connectivity index is 0.912. The fourth-order valence-electron chi connectivity index (χ4n) is 8.03. The summed E-state index contributed by atoms with van der Waals surface area (Å²) in [5.41, 5.74) is 7.04. The summed E-state index contributed by atoms with van der Waals surface area (Å²) in [4.78, 5) is 38.5. The van der Waals surface area contributed by atoms with Gasteiger partial charge < -0.3 is 20.1 Å². The van der Waals surface area contributed by atoms with E-state index in [1.807, 2.05) is 96.8 Å². The molecule has 2 amide bonds. The quantitative estimate of drug-likeness (QED) is 0.0678. The molecule has 0 saturated heterocycles. The molecule has 0 fully saturated rings. The zero-order valence-corrected chi connectivity index (χ0v) is 38.6.